The van der Waals surface area contributed by atoms with Crippen LogP contribution in [0, 0.1) is 0 Å². The second-order valence-corrected chi connectivity index (χ2v) is 4.16. The zero-order valence-corrected chi connectivity index (χ0v) is 10.2. The molecule has 0 aromatic carbocycles. The summed E-state index contributed by atoms with van der Waals surface area (Å²) in [5, 5.41) is 0. The third-order valence-corrected chi connectivity index (χ3v) is 2.85. The van der Waals surface area contributed by atoms with Gasteiger partial charge in [0.05, 0.1) is 6.61 Å². The molecule has 0 bridgehead atoms. The van der Waals surface area contributed by atoms with Crippen molar-refractivity contribution in [3.8, 4) is 0 Å². The van der Waals surface area contributed by atoms with Gasteiger partial charge in [-0.25, -0.2) is 0 Å². The molecule has 1 aliphatic rings. The maximum atomic E-state index is 10.5. The molecule has 1 aliphatic heterocycles. The van der Waals surface area contributed by atoms with Crippen LogP contribution < -0.4 is 0 Å². The molecule has 90 valence electrons. The highest BCUT2D eigenvalue weighted by molar-refractivity contribution is 5.67. The first-order valence-corrected chi connectivity index (χ1v) is 5.83. The molecule has 0 aliphatic carbocycles. The molecule has 3 nitrogen and oxygen atoms in total. The van der Waals surface area contributed by atoms with Gasteiger partial charge in [0.2, 0.25) is 0 Å². The van der Waals surface area contributed by atoms with Gasteiger partial charge >= 0.3 is 0 Å². The number of carbonyl (C=O) groups is 1. The molecule has 1 rings (SSSR count). The van der Waals surface area contributed by atoms with Gasteiger partial charge in [0, 0.05) is 19.2 Å². The summed E-state index contributed by atoms with van der Waals surface area (Å²) in [5.74, 6) is 0. The van der Waals surface area contributed by atoms with E-state index in [-0.39, 0.29) is 0 Å². The number of hydrogen-bond donors (Lipinski definition) is 0. The highest BCUT2D eigenvalue weighted by Gasteiger charge is 2.18. The van der Waals surface area contributed by atoms with E-state index in [1.807, 2.05) is 19.1 Å². The Labute approximate surface area is 97.8 Å². The molecule has 0 aromatic rings. The highest BCUT2D eigenvalue weighted by atomic mass is 16.5. The van der Waals surface area contributed by atoms with Gasteiger partial charge in [-0.3, -0.25) is 9.69 Å². The van der Waals surface area contributed by atoms with Crippen molar-refractivity contribution in [1.29, 1.82) is 0 Å². The van der Waals surface area contributed by atoms with E-state index in [4.69, 9.17) is 4.74 Å². The third kappa shape index (κ3) is 4.29. The molecule has 16 heavy (non-hydrogen) atoms. The first-order valence-electron chi connectivity index (χ1n) is 5.83. The predicted octanol–water partition coefficient (Wildman–Crippen LogP) is 1.80. The Bertz CT molecular complexity index is 265. The monoisotopic (exact) mass is 223 g/mol. The van der Waals surface area contributed by atoms with Crippen molar-refractivity contribution in [2.75, 3.05) is 26.8 Å². The summed E-state index contributed by atoms with van der Waals surface area (Å²) in [6.07, 6.45) is 8.72. The van der Waals surface area contributed by atoms with Crippen molar-refractivity contribution in [2.45, 2.75) is 25.8 Å². The molecule has 1 unspecified atom stereocenters. The molecule has 0 spiro atoms. The fourth-order valence-corrected chi connectivity index (χ4v) is 1.95. The molecular weight excluding hydrogens is 202 g/mol. The van der Waals surface area contributed by atoms with Gasteiger partial charge in [0.1, 0.15) is 6.29 Å². The standard InChI is InChI=1S/C13H21NO2/c1-3-5-12(7-8-15)10-14(2)13-6-4-9-16-11-13/h3,5,7-8,13H,4,6,9-11H2,1-2H3/b5-3+,12-7-. The highest BCUT2D eigenvalue weighted by Crippen LogP contribution is 2.13. The first kappa shape index (κ1) is 13.1. The molecule has 0 radical (unpaired) electrons. The fraction of sp³-hybridized carbons (Fsp3) is 0.615. The minimum absolute atomic E-state index is 0.481. The van der Waals surface area contributed by atoms with Crippen molar-refractivity contribution < 1.29 is 9.53 Å². The SMILES string of the molecule is C/C=C/C(=C/C=O)CN(C)C1CCCOC1. The lowest BCUT2D eigenvalue weighted by molar-refractivity contribution is -0.104. The molecule has 0 N–H and O–H groups in total. The van der Waals surface area contributed by atoms with Crippen molar-refractivity contribution in [1.82, 2.24) is 4.90 Å². The van der Waals surface area contributed by atoms with Crippen molar-refractivity contribution in [3.63, 3.8) is 0 Å². The minimum Gasteiger partial charge on any atom is -0.380 e. The van der Waals surface area contributed by atoms with Gasteiger partial charge in [-0.05, 0) is 38.5 Å². The van der Waals surface area contributed by atoms with Crippen LogP contribution in [-0.4, -0.2) is 44.0 Å². The Morgan fingerprint density at radius 3 is 2.94 bits per heavy atom. The van der Waals surface area contributed by atoms with Crippen LogP contribution in [0.15, 0.2) is 23.8 Å². The lowest BCUT2D eigenvalue weighted by Crippen LogP contribution is -2.39. The minimum atomic E-state index is 0.481. The fourth-order valence-electron chi connectivity index (χ4n) is 1.95. The largest absolute Gasteiger partial charge is 0.380 e. The number of likely N-dealkylation sites (N-methyl/N-ethyl adjacent to an activating group) is 1. The second-order valence-electron chi connectivity index (χ2n) is 4.16. The van der Waals surface area contributed by atoms with Crippen LogP contribution in [0.4, 0.5) is 0 Å². The van der Waals surface area contributed by atoms with Gasteiger partial charge < -0.3 is 4.74 Å². The van der Waals surface area contributed by atoms with E-state index in [9.17, 15) is 4.79 Å². The summed E-state index contributed by atoms with van der Waals surface area (Å²) < 4.78 is 5.46. The second kappa shape index (κ2) is 7.36. The van der Waals surface area contributed by atoms with Crippen LogP contribution in [0.2, 0.25) is 0 Å². The van der Waals surface area contributed by atoms with E-state index in [0.29, 0.717) is 6.04 Å². The molecular formula is C13H21NO2. The molecule has 1 fully saturated rings. The summed E-state index contributed by atoms with van der Waals surface area (Å²) in [4.78, 5) is 12.8. The number of nitrogens with zero attached hydrogens (tertiary/aromatic N) is 1. The average Bonchev–Trinajstić information content (AvgIpc) is 2.31. The summed E-state index contributed by atoms with van der Waals surface area (Å²) >= 11 is 0. The van der Waals surface area contributed by atoms with Crippen molar-refractivity contribution >= 4 is 6.29 Å². The van der Waals surface area contributed by atoms with E-state index >= 15 is 0 Å². The number of rotatable bonds is 5. The van der Waals surface area contributed by atoms with E-state index in [1.54, 1.807) is 6.08 Å². The Morgan fingerprint density at radius 1 is 1.56 bits per heavy atom. The lowest BCUT2D eigenvalue weighted by Gasteiger charge is -2.31. The quantitative estimate of drug-likeness (QED) is 0.404. The Kier molecular flexibility index (Phi) is 6.04. The summed E-state index contributed by atoms with van der Waals surface area (Å²) in [6.45, 7) is 4.45. The van der Waals surface area contributed by atoms with Crippen LogP contribution in [0.3, 0.4) is 0 Å². The third-order valence-electron chi connectivity index (χ3n) is 2.85. The average molecular weight is 223 g/mol. The van der Waals surface area contributed by atoms with Crippen LogP contribution in [0.1, 0.15) is 19.8 Å². The molecule has 0 aromatic heterocycles. The van der Waals surface area contributed by atoms with E-state index in [1.165, 1.54) is 6.42 Å². The summed E-state index contributed by atoms with van der Waals surface area (Å²) in [6, 6.07) is 0.481. The zero-order valence-electron chi connectivity index (χ0n) is 10.2. The molecule has 3 heteroatoms. The van der Waals surface area contributed by atoms with Gasteiger partial charge in [0.15, 0.2) is 0 Å². The number of hydrogen-bond acceptors (Lipinski definition) is 3. The summed E-state index contributed by atoms with van der Waals surface area (Å²) in [5.41, 5.74) is 1.05. The summed E-state index contributed by atoms with van der Waals surface area (Å²) in [7, 11) is 2.08. The topological polar surface area (TPSA) is 29.5 Å². The van der Waals surface area contributed by atoms with E-state index in [2.05, 4.69) is 11.9 Å². The van der Waals surface area contributed by atoms with Gasteiger partial charge in [0.25, 0.3) is 0 Å². The molecule has 1 saturated heterocycles. The van der Waals surface area contributed by atoms with Crippen LogP contribution in [0.25, 0.3) is 0 Å². The molecule has 0 saturated carbocycles. The maximum absolute atomic E-state index is 10.5. The van der Waals surface area contributed by atoms with Crippen LogP contribution in [-0.2, 0) is 9.53 Å². The Balaban J connectivity index is 2.49. The number of aldehydes is 1. The van der Waals surface area contributed by atoms with Crippen molar-refractivity contribution in [3.05, 3.63) is 23.8 Å². The zero-order chi connectivity index (χ0) is 11.8. The lowest BCUT2D eigenvalue weighted by atomic mass is 10.1. The Hall–Kier alpha value is -0.930. The van der Waals surface area contributed by atoms with Gasteiger partial charge in [-0.2, -0.15) is 0 Å². The molecule has 1 atom stereocenters. The molecule has 0 amide bonds. The number of allylic oxidation sites excluding steroid dienone is 2. The first-order chi connectivity index (χ1) is 7.77. The molecule has 1 heterocycles. The maximum Gasteiger partial charge on any atom is 0.143 e. The van der Waals surface area contributed by atoms with E-state index < -0.39 is 0 Å². The smallest absolute Gasteiger partial charge is 0.143 e. The van der Waals surface area contributed by atoms with Gasteiger partial charge in [-0.1, -0.05) is 12.2 Å². The van der Waals surface area contributed by atoms with Crippen molar-refractivity contribution in [2.24, 2.45) is 0 Å². The van der Waals surface area contributed by atoms with Gasteiger partial charge in [-0.15, -0.1) is 0 Å². The predicted molar refractivity (Wildman–Crippen MR) is 65.4 cm³/mol. The Morgan fingerprint density at radius 2 is 2.38 bits per heavy atom. The van der Waals surface area contributed by atoms with E-state index in [0.717, 1.165) is 38.0 Å². The normalized spacial score (nSPS) is 22.9. The number of ether oxygens (including phenoxy) is 1. The van der Waals surface area contributed by atoms with Crippen LogP contribution in [0.5, 0.6) is 0 Å². The van der Waals surface area contributed by atoms with Crippen LogP contribution >= 0.6 is 0 Å². The number of carbonyl (C=O) groups excluding carboxylic acids is 1.